The molecular weight excluding hydrogens is 398 g/mol. The van der Waals surface area contributed by atoms with Crippen molar-refractivity contribution in [1.29, 1.82) is 0 Å². The molecule has 31 heavy (non-hydrogen) atoms. The first-order valence-corrected chi connectivity index (χ1v) is 9.99. The van der Waals surface area contributed by atoms with E-state index in [1.165, 1.54) is 7.11 Å². The minimum atomic E-state index is -0.870. The first-order valence-electron chi connectivity index (χ1n) is 9.99. The molecule has 0 saturated heterocycles. The summed E-state index contributed by atoms with van der Waals surface area (Å²) in [4.78, 5) is 36.5. The topological polar surface area (TPSA) is 90.9 Å². The average Bonchev–Trinajstić information content (AvgIpc) is 2.72. The molecule has 1 atom stereocenters. The third-order valence-electron chi connectivity index (χ3n) is 4.19. The molecule has 0 bridgehead atoms. The van der Waals surface area contributed by atoms with Gasteiger partial charge in [0.1, 0.15) is 18.2 Å². The van der Waals surface area contributed by atoms with E-state index >= 15 is 0 Å². The normalized spacial score (nSPS) is 12.0. The Morgan fingerprint density at radius 1 is 0.935 bits per heavy atom. The van der Waals surface area contributed by atoms with Gasteiger partial charge < -0.3 is 19.5 Å². The van der Waals surface area contributed by atoms with Crippen molar-refractivity contribution in [3.63, 3.8) is 0 Å². The lowest BCUT2D eigenvalue weighted by Gasteiger charge is -2.20. The minimum absolute atomic E-state index is 0.181. The van der Waals surface area contributed by atoms with Gasteiger partial charge in [0.25, 0.3) is 0 Å². The number of ether oxygens (including phenoxy) is 3. The summed E-state index contributed by atoms with van der Waals surface area (Å²) >= 11 is 0. The van der Waals surface area contributed by atoms with Crippen LogP contribution in [0.15, 0.2) is 54.6 Å². The van der Waals surface area contributed by atoms with Crippen LogP contribution in [0.3, 0.4) is 0 Å². The van der Waals surface area contributed by atoms with E-state index in [0.717, 1.165) is 11.1 Å². The number of methoxy groups -OCH3 is 1. The SMILES string of the molecule is COC(=O)[C@@H](Cc1ccc(C(=O)OC(C)(C)C)cc1)NC(=O)COCc1ccccc1. The molecule has 0 aliphatic rings. The van der Waals surface area contributed by atoms with E-state index in [1.54, 1.807) is 45.0 Å². The number of amides is 1. The second-order valence-electron chi connectivity index (χ2n) is 8.02. The highest BCUT2D eigenvalue weighted by molar-refractivity contribution is 5.89. The van der Waals surface area contributed by atoms with Gasteiger partial charge in [0.15, 0.2) is 0 Å². The van der Waals surface area contributed by atoms with Gasteiger partial charge in [0.2, 0.25) is 5.91 Å². The van der Waals surface area contributed by atoms with Gasteiger partial charge in [-0.1, -0.05) is 42.5 Å². The van der Waals surface area contributed by atoms with Crippen molar-refractivity contribution in [2.45, 2.75) is 45.4 Å². The molecule has 2 aromatic rings. The van der Waals surface area contributed by atoms with Gasteiger partial charge in [-0.05, 0) is 44.0 Å². The summed E-state index contributed by atoms with van der Waals surface area (Å²) in [6, 6.07) is 15.3. The van der Waals surface area contributed by atoms with E-state index in [2.05, 4.69) is 5.32 Å². The first-order chi connectivity index (χ1) is 14.7. The Labute approximate surface area is 182 Å². The molecule has 1 N–H and O–H groups in total. The Hall–Kier alpha value is -3.19. The van der Waals surface area contributed by atoms with Crippen LogP contribution in [0.1, 0.15) is 42.3 Å². The number of nitrogens with one attached hydrogen (secondary N) is 1. The molecule has 7 nitrogen and oxygen atoms in total. The van der Waals surface area contributed by atoms with Crippen molar-refractivity contribution in [1.82, 2.24) is 5.32 Å². The van der Waals surface area contributed by atoms with Crippen LogP contribution in [0, 0.1) is 0 Å². The van der Waals surface area contributed by atoms with E-state index < -0.39 is 29.5 Å². The van der Waals surface area contributed by atoms with Gasteiger partial charge in [-0.3, -0.25) is 4.79 Å². The van der Waals surface area contributed by atoms with Crippen molar-refractivity contribution >= 4 is 17.8 Å². The van der Waals surface area contributed by atoms with Gasteiger partial charge in [-0.2, -0.15) is 0 Å². The van der Waals surface area contributed by atoms with Gasteiger partial charge in [0.05, 0.1) is 19.3 Å². The first kappa shape index (κ1) is 24.1. The summed E-state index contributed by atoms with van der Waals surface area (Å²) in [6.07, 6.45) is 0.214. The summed E-state index contributed by atoms with van der Waals surface area (Å²) in [5.74, 6) is -1.41. The van der Waals surface area contributed by atoms with Crippen LogP contribution in [0.4, 0.5) is 0 Å². The zero-order chi connectivity index (χ0) is 22.9. The fourth-order valence-electron chi connectivity index (χ4n) is 2.76. The maximum atomic E-state index is 12.2. The summed E-state index contributed by atoms with van der Waals surface area (Å²) in [6.45, 7) is 5.51. The number of benzene rings is 2. The smallest absolute Gasteiger partial charge is 0.338 e. The second-order valence-corrected chi connectivity index (χ2v) is 8.02. The Morgan fingerprint density at radius 2 is 1.58 bits per heavy atom. The standard InChI is InChI=1S/C24H29NO6/c1-24(2,3)31-22(27)19-12-10-17(11-13-19)14-20(23(28)29-4)25-21(26)16-30-15-18-8-6-5-7-9-18/h5-13,20H,14-16H2,1-4H3,(H,25,26)/t20-/m1/s1. The van der Waals surface area contributed by atoms with E-state index in [4.69, 9.17) is 14.2 Å². The molecule has 0 unspecified atom stereocenters. The highest BCUT2D eigenvalue weighted by Crippen LogP contribution is 2.14. The third-order valence-corrected chi connectivity index (χ3v) is 4.19. The molecule has 0 aromatic heterocycles. The predicted molar refractivity (Wildman–Crippen MR) is 115 cm³/mol. The molecule has 1 amide bonds. The monoisotopic (exact) mass is 427 g/mol. The van der Waals surface area contributed by atoms with Crippen LogP contribution < -0.4 is 5.32 Å². The molecule has 2 rings (SSSR count). The zero-order valence-corrected chi connectivity index (χ0v) is 18.3. The zero-order valence-electron chi connectivity index (χ0n) is 18.3. The Morgan fingerprint density at radius 3 is 2.16 bits per heavy atom. The Balaban J connectivity index is 1.92. The molecule has 0 aliphatic carbocycles. The lowest BCUT2D eigenvalue weighted by Crippen LogP contribution is -2.44. The molecule has 0 spiro atoms. The molecule has 0 fully saturated rings. The van der Waals surface area contributed by atoms with Crippen molar-refractivity contribution in [3.05, 3.63) is 71.3 Å². The highest BCUT2D eigenvalue weighted by atomic mass is 16.6. The van der Waals surface area contributed by atoms with Gasteiger partial charge >= 0.3 is 11.9 Å². The van der Waals surface area contributed by atoms with Gasteiger partial charge in [-0.25, -0.2) is 9.59 Å². The van der Waals surface area contributed by atoms with Crippen LogP contribution in [0.5, 0.6) is 0 Å². The highest BCUT2D eigenvalue weighted by Gasteiger charge is 2.23. The van der Waals surface area contributed by atoms with Gasteiger partial charge in [0, 0.05) is 6.42 Å². The summed E-state index contributed by atoms with van der Waals surface area (Å²) in [5, 5.41) is 2.64. The van der Waals surface area contributed by atoms with E-state index in [-0.39, 0.29) is 13.0 Å². The average molecular weight is 427 g/mol. The summed E-state index contributed by atoms with van der Waals surface area (Å²) in [5.41, 5.74) is 1.53. The van der Waals surface area contributed by atoms with Crippen LogP contribution in [-0.2, 0) is 36.8 Å². The molecule has 166 valence electrons. The van der Waals surface area contributed by atoms with Crippen LogP contribution in [-0.4, -0.2) is 43.2 Å². The third kappa shape index (κ3) is 8.60. The maximum absolute atomic E-state index is 12.2. The van der Waals surface area contributed by atoms with Crippen LogP contribution in [0.2, 0.25) is 0 Å². The lowest BCUT2D eigenvalue weighted by molar-refractivity contribution is -0.145. The Bertz CT molecular complexity index is 871. The second kappa shape index (κ2) is 11.3. The molecule has 7 heteroatoms. The predicted octanol–water partition coefficient (Wildman–Crippen LogP) is 3.06. The fraction of sp³-hybridized carbons (Fsp3) is 0.375. The number of carbonyl (C=O) groups excluding carboxylic acids is 3. The number of rotatable bonds is 9. The molecular formula is C24H29NO6. The largest absolute Gasteiger partial charge is 0.467 e. The molecule has 2 aromatic carbocycles. The van der Waals surface area contributed by atoms with Gasteiger partial charge in [-0.15, -0.1) is 0 Å². The van der Waals surface area contributed by atoms with Crippen molar-refractivity contribution in [3.8, 4) is 0 Å². The van der Waals surface area contributed by atoms with Crippen LogP contribution in [0.25, 0.3) is 0 Å². The molecule has 0 heterocycles. The van der Waals surface area contributed by atoms with E-state index in [9.17, 15) is 14.4 Å². The quantitative estimate of drug-likeness (QED) is 0.619. The number of carbonyl (C=O) groups is 3. The van der Waals surface area contributed by atoms with E-state index in [1.807, 2.05) is 30.3 Å². The van der Waals surface area contributed by atoms with Crippen molar-refractivity contribution in [2.75, 3.05) is 13.7 Å². The summed E-state index contributed by atoms with van der Waals surface area (Å²) < 4.78 is 15.6. The lowest BCUT2D eigenvalue weighted by atomic mass is 10.0. The van der Waals surface area contributed by atoms with Crippen LogP contribution >= 0.6 is 0 Å². The number of hydrogen-bond acceptors (Lipinski definition) is 6. The minimum Gasteiger partial charge on any atom is -0.467 e. The number of esters is 2. The molecule has 0 saturated carbocycles. The summed E-state index contributed by atoms with van der Waals surface area (Å²) in [7, 11) is 1.26. The number of hydrogen-bond donors (Lipinski definition) is 1. The Kier molecular flexibility index (Phi) is 8.75. The molecule has 0 aliphatic heterocycles. The van der Waals surface area contributed by atoms with E-state index in [0.29, 0.717) is 12.2 Å². The molecule has 0 radical (unpaired) electrons. The van der Waals surface area contributed by atoms with Crippen molar-refractivity contribution in [2.24, 2.45) is 0 Å². The fourth-order valence-corrected chi connectivity index (χ4v) is 2.76. The van der Waals surface area contributed by atoms with Crippen molar-refractivity contribution < 1.29 is 28.6 Å². The maximum Gasteiger partial charge on any atom is 0.338 e.